The molecular formula is C10H10NO. The summed E-state index contributed by atoms with van der Waals surface area (Å²) < 4.78 is 0. The van der Waals surface area contributed by atoms with E-state index < -0.39 is 0 Å². The van der Waals surface area contributed by atoms with E-state index in [-0.39, 0.29) is 5.91 Å². The van der Waals surface area contributed by atoms with Gasteiger partial charge in [0.1, 0.15) is 0 Å². The highest BCUT2D eigenvalue weighted by molar-refractivity contribution is 5.96. The van der Waals surface area contributed by atoms with E-state index >= 15 is 0 Å². The number of nitrogens with zero attached hydrogens (tertiary/aromatic N) is 1. The number of amides is 1. The summed E-state index contributed by atoms with van der Waals surface area (Å²) in [5, 5.41) is 0. The lowest BCUT2D eigenvalue weighted by Gasteiger charge is -2.24. The largest absolute Gasteiger partial charge is 0.341 e. The van der Waals surface area contributed by atoms with E-state index in [9.17, 15) is 4.79 Å². The monoisotopic (exact) mass is 160 g/mol. The number of likely N-dealkylation sites (N-methyl/N-ethyl adjacent to an activating group) is 1. The fraction of sp³-hybridized carbons (Fsp3) is 0.300. The second kappa shape index (κ2) is 2.63. The van der Waals surface area contributed by atoms with Crippen molar-refractivity contribution < 1.29 is 4.79 Å². The van der Waals surface area contributed by atoms with E-state index in [1.54, 1.807) is 11.0 Å². The summed E-state index contributed by atoms with van der Waals surface area (Å²) in [6.07, 6.45) is 0.953. The van der Waals surface area contributed by atoms with Crippen LogP contribution >= 0.6 is 0 Å². The zero-order chi connectivity index (χ0) is 8.55. The Bertz CT molecular complexity index is 319. The number of rotatable bonds is 0. The molecule has 0 saturated carbocycles. The van der Waals surface area contributed by atoms with Crippen LogP contribution in [0, 0.1) is 6.07 Å². The zero-order valence-corrected chi connectivity index (χ0v) is 7.00. The van der Waals surface area contributed by atoms with Crippen molar-refractivity contribution in [2.24, 2.45) is 0 Å². The van der Waals surface area contributed by atoms with Crippen LogP contribution in [0.1, 0.15) is 15.9 Å². The zero-order valence-electron chi connectivity index (χ0n) is 7.00. The van der Waals surface area contributed by atoms with Crippen LogP contribution in [0.2, 0.25) is 0 Å². The molecule has 0 unspecified atom stereocenters. The predicted octanol–water partition coefficient (Wildman–Crippen LogP) is 1.11. The summed E-state index contributed by atoms with van der Waals surface area (Å²) in [5.74, 6) is 0.130. The predicted molar refractivity (Wildman–Crippen MR) is 45.9 cm³/mol. The van der Waals surface area contributed by atoms with Gasteiger partial charge in [-0.15, -0.1) is 0 Å². The van der Waals surface area contributed by atoms with Gasteiger partial charge in [0, 0.05) is 19.2 Å². The lowest BCUT2D eigenvalue weighted by molar-refractivity contribution is 0.0781. The van der Waals surface area contributed by atoms with Gasteiger partial charge >= 0.3 is 0 Å². The summed E-state index contributed by atoms with van der Waals surface area (Å²) in [7, 11) is 1.84. The normalized spacial score (nSPS) is 16.1. The highest BCUT2D eigenvalue weighted by Gasteiger charge is 2.19. The third-order valence-corrected chi connectivity index (χ3v) is 2.24. The van der Waals surface area contributed by atoms with Gasteiger partial charge in [-0.3, -0.25) is 4.79 Å². The van der Waals surface area contributed by atoms with Crippen LogP contribution in [0.4, 0.5) is 0 Å². The van der Waals surface area contributed by atoms with Crippen molar-refractivity contribution in [2.45, 2.75) is 6.42 Å². The van der Waals surface area contributed by atoms with Gasteiger partial charge in [-0.05, 0) is 24.1 Å². The van der Waals surface area contributed by atoms with E-state index in [0.29, 0.717) is 0 Å². The van der Waals surface area contributed by atoms with Crippen LogP contribution in [0.3, 0.4) is 0 Å². The van der Waals surface area contributed by atoms with Crippen molar-refractivity contribution in [1.82, 2.24) is 4.90 Å². The molecule has 1 aromatic rings. The Morgan fingerprint density at radius 1 is 1.58 bits per heavy atom. The van der Waals surface area contributed by atoms with Crippen molar-refractivity contribution >= 4 is 5.91 Å². The lowest BCUT2D eigenvalue weighted by atomic mass is 10.00. The fourth-order valence-electron chi connectivity index (χ4n) is 1.48. The molecule has 0 fully saturated rings. The molecule has 0 atom stereocenters. The van der Waals surface area contributed by atoms with Gasteiger partial charge in [-0.1, -0.05) is 12.1 Å². The first kappa shape index (κ1) is 7.35. The van der Waals surface area contributed by atoms with E-state index in [0.717, 1.165) is 24.1 Å². The van der Waals surface area contributed by atoms with Crippen molar-refractivity contribution in [3.63, 3.8) is 0 Å². The van der Waals surface area contributed by atoms with Crippen LogP contribution in [0.15, 0.2) is 18.2 Å². The first-order valence-electron chi connectivity index (χ1n) is 4.03. The molecule has 1 aromatic carbocycles. The number of fused-ring (bicyclic) bond motifs is 1. The quantitative estimate of drug-likeness (QED) is 0.557. The molecule has 12 heavy (non-hydrogen) atoms. The lowest BCUT2D eigenvalue weighted by Crippen LogP contribution is -2.33. The molecule has 61 valence electrons. The topological polar surface area (TPSA) is 20.3 Å². The maximum absolute atomic E-state index is 11.5. The van der Waals surface area contributed by atoms with Crippen molar-refractivity contribution in [3.05, 3.63) is 35.4 Å². The first-order valence-corrected chi connectivity index (χ1v) is 4.03. The molecular weight excluding hydrogens is 150 g/mol. The maximum Gasteiger partial charge on any atom is 0.253 e. The number of hydrogen-bond acceptors (Lipinski definition) is 1. The number of hydrogen-bond donors (Lipinski definition) is 0. The Labute approximate surface area is 71.8 Å². The molecule has 0 aliphatic carbocycles. The van der Waals surface area contributed by atoms with Crippen LogP contribution in [0.25, 0.3) is 0 Å². The number of benzene rings is 1. The third-order valence-electron chi connectivity index (χ3n) is 2.24. The summed E-state index contributed by atoms with van der Waals surface area (Å²) in [6, 6.07) is 8.52. The van der Waals surface area contributed by atoms with E-state index in [1.165, 1.54) is 0 Å². The Balaban J connectivity index is 2.49. The minimum atomic E-state index is 0.130. The molecule has 2 nitrogen and oxygen atoms in total. The Morgan fingerprint density at radius 3 is 3.25 bits per heavy atom. The standard InChI is InChI=1S/C10H10NO/c1-11-7-6-8-4-2-3-5-9(8)10(11)12/h3-5H,6-7H2,1H3. The highest BCUT2D eigenvalue weighted by atomic mass is 16.2. The average Bonchev–Trinajstić information content (AvgIpc) is 2.12. The Hall–Kier alpha value is -1.31. The highest BCUT2D eigenvalue weighted by Crippen LogP contribution is 2.16. The minimum Gasteiger partial charge on any atom is -0.341 e. The average molecular weight is 160 g/mol. The van der Waals surface area contributed by atoms with Crippen LogP contribution in [-0.2, 0) is 6.42 Å². The van der Waals surface area contributed by atoms with Crippen molar-refractivity contribution in [2.75, 3.05) is 13.6 Å². The van der Waals surface area contributed by atoms with Crippen molar-refractivity contribution in [1.29, 1.82) is 0 Å². The molecule has 0 aromatic heterocycles. The van der Waals surface area contributed by atoms with Crippen LogP contribution < -0.4 is 0 Å². The molecule has 0 bridgehead atoms. The van der Waals surface area contributed by atoms with Gasteiger partial charge in [0.25, 0.3) is 5.91 Å². The molecule has 1 aliphatic heterocycles. The number of carbonyl (C=O) groups excluding carboxylic acids is 1. The fourth-order valence-corrected chi connectivity index (χ4v) is 1.48. The van der Waals surface area contributed by atoms with E-state index in [1.807, 2.05) is 19.2 Å². The maximum atomic E-state index is 11.5. The molecule has 2 rings (SSSR count). The van der Waals surface area contributed by atoms with Gasteiger partial charge in [-0.2, -0.15) is 0 Å². The van der Waals surface area contributed by atoms with Gasteiger partial charge in [-0.25, -0.2) is 0 Å². The van der Waals surface area contributed by atoms with Gasteiger partial charge in [0.05, 0.1) is 0 Å². The van der Waals surface area contributed by atoms with Gasteiger partial charge in [0.15, 0.2) is 0 Å². The summed E-state index contributed by atoms with van der Waals surface area (Å²) in [4.78, 5) is 13.3. The smallest absolute Gasteiger partial charge is 0.253 e. The molecule has 1 radical (unpaired) electrons. The molecule has 1 aliphatic rings. The molecule has 0 spiro atoms. The third kappa shape index (κ3) is 0.998. The van der Waals surface area contributed by atoms with Crippen molar-refractivity contribution in [3.8, 4) is 0 Å². The summed E-state index contributed by atoms with van der Waals surface area (Å²) >= 11 is 0. The second-order valence-corrected chi connectivity index (χ2v) is 3.06. The van der Waals surface area contributed by atoms with Gasteiger partial charge < -0.3 is 4.90 Å². The molecule has 1 heterocycles. The van der Waals surface area contributed by atoms with Gasteiger partial charge in [0.2, 0.25) is 0 Å². The summed E-state index contributed by atoms with van der Waals surface area (Å²) in [6.45, 7) is 0.823. The molecule has 2 heteroatoms. The molecule has 1 amide bonds. The molecule has 0 N–H and O–H groups in total. The van der Waals surface area contributed by atoms with E-state index in [4.69, 9.17) is 0 Å². The number of carbonyl (C=O) groups is 1. The Morgan fingerprint density at radius 2 is 2.42 bits per heavy atom. The summed E-state index contributed by atoms with van der Waals surface area (Å²) in [5.41, 5.74) is 1.96. The molecule has 0 saturated heterocycles. The second-order valence-electron chi connectivity index (χ2n) is 3.06. The Kier molecular flexibility index (Phi) is 1.61. The SMILES string of the molecule is CN1CCc2c[c]ccc2C1=O. The van der Waals surface area contributed by atoms with Crippen LogP contribution in [0.5, 0.6) is 0 Å². The minimum absolute atomic E-state index is 0.130. The van der Waals surface area contributed by atoms with Crippen LogP contribution in [-0.4, -0.2) is 24.4 Å². The first-order chi connectivity index (χ1) is 5.79. The van der Waals surface area contributed by atoms with E-state index in [2.05, 4.69) is 6.07 Å².